The van der Waals surface area contributed by atoms with Crippen LogP contribution in [0.5, 0.6) is 11.5 Å². The molecule has 0 heterocycles. The summed E-state index contributed by atoms with van der Waals surface area (Å²) < 4.78 is 21.3. The molecular formula is C24H24O6. The summed E-state index contributed by atoms with van der Waals surface area (Å²) in [7, 11) is 3.01. The van der Waals surface area contributed by atoms with E-state index in [1.165, 1.54) is 20.3 Å². The summed E-state index contributed by atoms with van der Waals surface area (Å²) in [6.07, 6.45) is 0.613. The van der Waals surface area contributed by atoms with Gasteiger partial charge in [0.05, 0.1) is 13.7 Å². The topological polar surface area (TPSA) is 71.1 Å². The van der Waals surface area contributed by atoms with Gasteiger partial charge in [-0.1, -0.05) is 48.5 Å². The highest BCUT2D eigenvalue weighted by molar-refractivity contribution is 6.43. The molecule has 0 atom stereocenters. The van der Waals surface area contributed by atoms with Crippen LogP contribution < -0.4 is 9.47 Å². The Morgan fingerprint density at radius 2 is 1.73 bits per heavy atom. The van der Waals surface area contributed by atoms with Crippen molar-refractivity contribution < 1.29 is 28.5 Å². The van der Waals surface area contributed by atoms with Gasteiger partial charge in [-0.25, -0.2) is 4.79 Å². The van der Waals surface area contributed by atoms with Gasteiger partial charge in [-0.15, -0.1) is 0 Å². The van der Waals surface area contributed by atoms with Crippen molar-refractivity contribution in [2.45, 2.75) is 13.3 Å². The highest BCUT2D eigenvalue weighted by Gasteiger charge is 2.25. The van der Waals surface area contributed by atoms with E-state index in [1.807, 2.05) is 42.5 Å². The Labute approximate surface area is 175 Å². The Morgan fingerprint density at radius 3 is 2.40 bits per heavy atom. The summed E-state index contributed by atoms with van der Waals surface area (Å²) in [6.45, 7) is 1.79. The predicted molar refractivity (Wildman–Crippen MR) is 113 cm³/mol. The molecular weight excluding hydrogens is 384 g/mol. The van der Waals surface area contributed by atoms with Crippen molar-refractivity contribution in [1.82, 2.24) is 0 Å². The first-order valence-corrected chi connectivity index (χ1v) is 9.60. The first-order valence-electron chi connectivity index (χ1n) is 9.60. The Morgan fingerprint density at radius 1 is 0.967 bits per heavy atom. The van der Waals surface area contributed by atoms with Gasteiger partial charge in [0.1, 0.15) is 0 Å². The number of hydrogen-bond donors (Lipinski definition) is 0. The molecule has 0 bridgehead atoms. The number of Topliss-reactive ketones (excluding diaryl/α,β-unsaturated/α-hetero) is 1. The number of ether oxygens (including phenoxy) is 4. The minimum absolute atomic E-state index is 0.0102. The van der Waals surface area contributed by atoms with Crippen LogP contribution in [0, 0.1) is 0 Å². The largest absolute Gasteiger partial charge is 0.493 e. The van der Waals surface area contributed by atoms with E-state index in [1.54, 1.807) is 13.0 Å². The summed E-state index contributed by atoms with van der Waals surface area (Å²) >= 11 is 0. The molecule has 3 rings (SSSR count). The smallest absolute Gasteiger partial charge is 0.379 e. The third kappa shape index (κ3) is 4.44. The zero-order chi connectivity index (χ0) is 21.5. The highest BCUT2D eigenvalue weighted by atomic mass is 16.7. The van der Waals surface area contributed by atoms with Crippen LogP contribution in [0.3, 0.4) is 0 Å². The number of rotatable bonds is 9. The summed E-state index contributed by atoms with van der Waals surface area (Å²) in [6, 6.07) is 17.1. The van der Waals surface area contributed by atoms with Crippen molar-refractivity contribution in [1.29, 1.82) is 0 Å². The van der Waals surface area contributed by atoms with E-state index >= 15 is 0 Å². The van der Waals surface area contributed by atoms with Gasteiger partial charge in [0.25, 0.3) is 5.78 Å². The maximum absolute atomic E-state index is 12.8. The standard InChI is InChI=1S/C24H24O6/c1-4-29-24(26)22(25)19-14-20(28-3)23(30-15-27-2)21-17(11-8-12-18(19)21)13-16-9-6-5-7-10-16/h5-12,14H,4,13,15H2,1-3H3. The first-order chi connectivity index (χ1) is 14.6. The molecule has 0 unspecified atom stereocenters. The fraction of sp³-hybridized carbons (Fsp3) is 0.250. The molecule has 30 heavy (non-hydrogen) atoms. The molecule has 0 spiro atoms. The lowest BCUT2D eigenvalue weighted by atomic mass is 9.93. The highest BCUT2D eigenvalue weighted by Crippen LogP contribution is 2.41. The van der Waals surface area contributed by atoms with Crippen molar-refractivity contribution in [3.63, 3.8) is 0 Å². The fourth-order valence-corrected chi connectivity index (χ4v) is 3.36. The predicted octanol–water partition coefficient (Wildman–Crippen LogP) is 4.17. The normalized spacial score (nSPS) is 10.6. The average molecular weight is 408 g/mol. The molecule has 0 aliphatic carbocycles. The van der Waals surface area contributed by atoms with Crippen molar-refractivity contribution in [2.24, 2.45) is 0 Å². The number of carbonyl (C=O) groups is 2. The zero-order valence-corrected chi connectivity index (χ0v) is 17.3. The summed E-state index contributed by atoms with van der Waals surface area (Å²) in [5.74, 6) is -0.829. The molecule has 0 aliphatic rings. The van der Waals surface area contributed by atoms with Crippen LogP contribution in [0.1, 0.15) is 28.4 Å². The van der Waals surface area contributed by atoms with E-state index in [2.05, 4.69) is 0 Å². The van der Waals surface area contributed by atoms with Crippen LogP contribution in [-0.2, 0) is 20.7 Å². The lowest BCUT2D eigenvalue weighted by molar-refractivity contribution is -0.137. The first kappa shape index (κ1) is 21.3. The third-order valence-electron chi connectivity index (χ3n) is 4.65. The molecule has 3 aromatic carbocycles. The quantitative estimate of drug-likeness (QED) is 0.229. The molecule has 0 N–H and O–H groups in total. The van der Waals surface area contributed by atoms with Crippen molar-refractivity contribution in [2.75, 3.05) is 27.6 Å². The summed E-state index contributed by atoms with van der Waals surface area (Å²) in [5, 5.41) is 1.29. The van der Waals surface area contributed by atoms with Crippen LogP contribution in [0.25, 0.3) is 10.8 Å². The second kappa shape index (κ2) is 9.89. The average Bonchev–Trinajstić information content (AvgIpc) is 2.77. The van der Waals surface area contributed by atoms with Gasteiger partial charge in [0.15, 0.2) is 18.3 Å². The maximum atomic E-state index is 12.8. The van der Waals surface area contributed by atoms with E-state index < -0.39 is 11.8 Å². The van der Waals surface area contributed by atoms with Crippen LogP contribution in [0.15, 0.2) is 54.6 Å². The molecule has 3 aromatic rings. The lowest BCUT2D eigenvalue weighted by Gasteiger charge is -2.18. The van der Waals surface area contributed by atoms with Gasteiger partial charge in [-0.2, -0.15) is 0 Å². The number of fused-ring (bicyclic) bond motifs is 1. The molecule has 6 heteroatoms. The number of esters is 1. The van der Waals surface area contributed by atoms with Gasteiger partial charge < -0.3 is 18.9 Å². The number of carbonyl (C=O) groups excluding carboxylic acids is 2. The van der Waals surface area contributed by atoms with Crippen LogP contribution in [-0.4, -0.2) is 39.4 Å². The van der Waals surface area contributed by atoms with Crippen LogP contribution in [0.2, 0.25) is 0 Å². The Balaban J connectivity index is 2.25. The van der Waals surface area contributed by atoms with Crippen LogP contribution >= 0.6 is 0 Å². The number of methoxy groups -OCH3 is 2. The maximum Gasteiger partial charge on any atom is 0.379 e. The van der Waals surface area contributed by atoms with E-state index in [-0.39, 0.29) is 19.0 Å². The van der Waals surface area contributed by atoms with Gasteiger partial charge in [-0.05, 0) is 35.9 Å². The van der Waals surface area contributed by atoms with Crippen molar-refractivity contribution in [3.8, 4) is 11.5 Å². The number of ketones is 1. The van der Waals surface area contributed by atoms with Gasteiger partial charge in [-0.3, -0.25) is 4.79 Å². The second-order valence-corrected chi connectivity index (χ2v) is 6.56. The molecule has 0 amide bonds. The molecule has 0 aromatic heterocycles. The molecule has 0 radical (unpaired) electrons. The third-order valence-corrected chi connectivity index (χ3v) is 4.65. The molecule has 0 aliphatic heterocycles. The fourth-order valence-electron chi connectivity index (χ4n) is 3.36. The second-order valence-electron chi connectivity index (χ2n) is 6.56. The van der Waals surface area contributed by atoms with Crippen molar-refractivity contribution >= 4 is 22.5 Å². The zero-order valence-electron chi connectivity index (χ0n) is 17.3. The minimum atomic E-state index is -0.903. The van der Waals surface area contributed by atoms with E-state index in [0.717, 1.165) is 11.1 Å². The molecule has 0 saturated carbocycles. The minimum Gasteiger partial charge on any atom is -0.493 e. The molecule has 0 saturated heterocycles. The van der Waals surface area contributed by atoms with E-state index in [0.29, 0.717) is 28.7 Å². The van der Waals surface area contributed by atoms with Crippen molar-refractivity contribution in [3.05, 3.63) is 71.3 Å². The molecule has 156 valence electrons. The van der Waals surface area contributed by atoms with Gasteiger partial charge in [0, 0.05) is 18.1 Å². The van der Waals surface area contributed by atoms with Gasteiger partial charge in [0.2, 0.25) is 0 Å². The van der Waals surface area contributed by atoms with E-state index in [9.17, 15) is 9.59 Å². The lowest BCUT2D eigenvalue weighted by Crippen LogP contribution is -2.18. The van der Waals surface area contributed by atoms with Gasteiger partial charge >= 0.3 is 5.97 Å². The Bertz CT molecular complexity index is 1040. The van der Waals surface area contributed by atoms with Crippen LogP contribution in [0.4, 0.5) is 0 Å². The monoisotopic (exact) mass is 408 g/mol. The number of benzene rings is 3. The summed E-state index contributed by atoms with van der Waals surface area (Å²) in [5.41, 5.74) is 2.24. The Kier molecular flexibility index (Phi) is 7.03. The molecule has 6 nitrogen and oxygen atoms in total. The molecule has 0 fully saturated rings. The summed E-state index contributed by atoms with van der Waals surface area (Å²) in [4.78, 5) is 25.0. The van der Waals surface area contributed by atoms with E-state index in [4.69, 9.17) is 18.9 Å². The Hall–Kier alpha value is -3.38. The SMILES string of the molecule is CCOC(=O)C(=O)c1cc(OC)c(OCOC)c2c(Cc3ccccc3)cccc12. The number of hydrogen-bond acceptors (Lipinski definition) is 6.